The highest BCUT2D eigenvalue weighted by Crippen LogP contribution is 2.24. The van der Waals surface area contributed by atoms with Gasteiger partial charge in [0.15, 0.2) is 0 Å². The van der Waals surface area contributed by atoms with Crippen LogP contribution >= 0.6 is 0 Å². The standard InChI is InChI=1S/C23H28FN3O3S/c24-21-9-8-19(16-22(21)31(29,30)27-12-4-5-13-27)23(28)25-20-10-14-26(15-11-20)17-18-6-2-1-3-7-18/h1-3,6-9,16,20H,4-5,10-15,17H2,(H,25,28). The predicted molar refractivity (Wildman–Crippen MR) is 117 cm³/mol. The zero-order valence-corrected chi connectivity index (χ0v) is 18.3. The summed E-state index contributed by atoms with van der Waals surface area (Å²) < 4.78 is 41.1. The van der Waals surface area contributed by atoms with Gasteiger partial charge in [0.05, 0.1) is 0 Å². The van der Waals surface area contributed by atoms with Crippen molar-refractivity contribution in [3.8, 4) is 0 Å². The Bertz CT molecular complexity index is 1020. The fourth-order valence-electron chi connectivity index (χ4n) is 4.26. The number of benzene rings is 2. The lowest BCUT2D eigenvalue weighted by Crippen LogP contribution is -2.44. The second kappa shape index (κ2) is 9.46. The van der Waals surface area contributed by atoms with Crippen LogP contribution in [0.3, 0.4) is 0 Å². The van der Waals surface area contributed by atoms with Gasteiger partial charge >= 0.3 is 0 Å². The normalized spacial score (nSPS) is 18.9. The average Bonchev–Trinajstić information content (AvgIpc) is 3.32. The van der Waals surface area contributed by atoms with Crippen molar-refractivity contribution >= 4 is 15.9 Å². The van der Waals surface area contributed by atoms with Gasteiger partial charge in [0.2, 0.25) is 10.0 Å². The Morgan fingerprint density at radius 1 is 1.00 bits per heavy atom. The first-order valence-electron chi connectivity index (χ1n) is 10.8. The van der Waals surface area contributed by atoms with Gasteiger partial charge in [0.1, 0.15) is 10.7 Å². The minimum Gasteiger partial charge on any atom is -0.349 e. The van der Waals surface area contributed by atoms with E-state index in [1.165, 1.54) is 22.0 Å². The monoisotopic (exact) mass is 445 g/mol. The summed E-state index contributed by atoms with van der Waals surface area (Å²) >= 11 is 0. The first kappa shape index (κ1) is 21.9. The van der Waals surface area contributed by atoms with E-state index in [1.807, 2.05) is 18.2 Å². The molecule has 2 heterocycles. The van der Waals surface area contributed by atoms with Crippen molar-refractivity contribution in [1.29, 1.82) is 0 Å². The van der Waals surface area contributed by atoms with Crippen LogP contribution in [-0.2, 0) is 16.6 Å². The van der Waals surface area contributed by atoms with Gasteiger partial charge in [0.25, 0.3) is 5.91 Å². The number of halogens is 1. The molecule has 6 nitrogen and oxygen atoms in total. The number of sulfonamides is 1. The molecule has 2 aliphatic heterocycles. The summed E-state index contributed by atoms with van der Waals surface area (Å²) in [5, 5.41) is 2.99. The van der Waals surface area contributed by atoms with Crippen molar-refractivity contribution < 1.29 is 17.6 Å². The van der Waals surface area contributed by atoms with E-state index in [2.05, 4.69) is 22.3 Å². The molecule has 0 saturated carbocycles. The molecule has 1 amide bonds. The van der Waals surface area contributed by atoms with Crippen molar-refractivity contribution in [2.45, 2.75) is 43.2 Å². The topological polar surface area (TPSA) is 69.7 Å². The Morgan fingerprint density at radius 2 is 1.68 bits per heavy atom. The third-order valence-corrected chi connectivity index (χ3v) is 7.96. The number of hydrogen-bond donors (Lipinski definition) is 1. The molecule has 0 aromatic heterocycles. The number of likely N-dealkylation sites (tertiary alicyclic amines) is 1. The van der Waals surface area contributed by atoms with E-state index in [1.54, 1.807) is 0 Å². The number of piperidine rings is 1. The van der Waals surface area contributed by atoms with Crippen LogP contribution in [0.4, 0.5) is 4.39 Å². The fourth-order valence-corrected chi connectivity index (χ4v) is 5.86. The number of carbonyl (C=O) groups excluding carboxylic acids is 1. The molecule has 1 N–H and O–H groups in total. The molecule has 0 spiro atoms. The van der Waals surface area contributed by atoms with Gasteiger partial charge < -0.3 is 5.32 Å². The first-order chi connectivity index (χ1) is 14.9. The van der Waals surface area contributed by atoms with E-state index in [4.69, 9.17) is 0 Å². The largest absolute Gasteiger partial charge is 0.349 e. The quantitative estimate of drug-likeness (QED) is 0.742. The van der Waals surface area contributed by atoms with Gasteiger partial charge in [0, 0.05) is 44.3 Å². The van der Waals surface area contributed by atoms with E-state index in [9.17, 15) is 17.6 Å². The number of hydrogen-bond acceptors (Lipinski definition) is 4. The summed E-state index contributed by atoms with van der Waals surface area (Å²) in [6.07, 6.45) is 3.17. The minimum absolute atomic E-state index is 0.0169. The van der Waals surface area contributed by atoms with Gasteiger partial charge in [-0.15, -0.1) is 0 Å². The summed E-state index contributed by atoms with van der Waals surface area (Å²) in [6, 6.07) is 13.9. The smallest absolute Gasteiger partial charge is 0.251 e. The second-order valence-electron chi connectivity index (χ2n) is 8.27. The van der Waals surface area contributed by atoms with Crippen LogP contribution in [0.1, 0.15) is 41.6 Å². The van der Waals surface area contributed by atoms with Crippen molar-refractivity contribution in [2.75, 3.05) is 26.2 Å². The number of rotatable bonds is 6. The fraction of sp³-hybridized carbons (Fsp3) is 0.435. The molecule has 2 aromatic carbocycles. The van der Waals surface area contributed by atoms with E-state index in [-0.39, 0.29) is 17.5 Å². The molecule has 0 atom stereocenters. The van der Waals surface area contributed by atoms with Crippen LogP contribution in [0.25, 0.3) is 0 Å². The van der Waals surface area contributed by atoms with E-state index >= 15 is 0 Å². The van der Waals surface area contributed by atoms with E-state index < -0.39 is 20.7 Å². The number of carbonyl (C=O) groups is 1. The minimum atomic E-state index is -3.92. The molecule has 2 fully saturated rings. The Kier molecular flexibility index (Phi) is 6.69. The molecular weight excluding hydrogens is 417 g/mol. The Balaban J connectivity index is 1.37. The van der Waals surface area contributed by atoms with Crippen LogP contribution in [0.5, 0.6) is 0 Å². The molecule has 31 heavy (non-hydrogen) atoms. The van der Waals surface area contributed by atoms with Crippen molar-refractivity contribution in [2.24, 2.45) is 0 Å². The maximum absolute atomic E-state index is 14.3. The third-order valence-electron chi connectivity index (χ3n) is 6.05. The molecule has 0 aliphatic carbocycles. The van der Waals surface area contributed by atoms with Crippen LogP contribution in [0.15, 0.2) is 53.4 Å². The number of nitrogens with one attached hydrogen (secondary N) is 1. The molecule has 0 unspecified atom stereocenters. The molecule has 166 valence electrons. The van der Waals surface area contributed by atoms with E-state index in [0.717, 1.165) is 51.4 Å². The molecule has 2 saturated heterocycles. The second-order valence-corrected chi connectivity index (χ2v) is 10.2. The molecule has 4 rings (SSSR count). The maximum Gasteiger partial charge on any atom is 0.251 e. The highest BCUT2D eigenvalue weighted by atomic mass is 32.2. The van der Waals surface area contributed by atoms with Gasteiger partial charge in [-0.2, -0.15) is 4.31 Å². The van der Waals surface area contributed by atoms with Gasteiger partial charge in [-0.1, -0.05) is 30.3 Å². The van der Waals surface area contributed by atoms with Gasteiger partial charge in [-0.05, 0) is 49.4 Å². The average molecular weight is 446 g/mol. The Morgan fingerprint density at radius 3 is 2.35 bits per heavy atom. The van der Waals surface area contributed by atoms with Gasteiger partial charge in [-0.3, -0.25) is 9.69 Å². The summed E-state index contributed by atoms with van der Waals surface area (Å²) in [7, 11) is -3.92. The van der Waals surface area contributed by atoms with Crippen LogP contribution in [-0.4, -0.2) is 55.8 Å². The predicted octanol–water partition coefficient (Wildman–Crippen LogP) is 3.00. The summed E-state index contributed by atoms with van der Waals surface area (Å²) in [6.45, 7) is 3.41. The lowest BCUT2D eigenvalue weighted by molar-refractivity contribution is 0.0908. The molecule has 2 aliphatic rings. The highest BCUT2D eigenvalue weighted by molar-refractivity contribution is 7.89. The Hall–Kier alpha value is -2.29. The molecule has 2 aromatic rings. The molecular formula is C23H28FN3O3S. The number of amides is 1. The summed E-state index contributed by atoms with van der Waals surface area (Å²) in [4.78, 5) is 14.7. The number of nitrogens with zero attached hydrogens (tertiary/aromatic N) is 2. The zero-order valence-electron chi connectivity index (χ0n) is 17.5. The van der Waals surface area contributed by atoms with Crippen LogP contribution in [0.2, 0.25) is 0 Å². The highest BCUT2D eigenvalue weighted by Gasteiger charge is 2.30. The molecule has 0 bridgehead atoms. The van der Waals surface area contributed by atoms with Crippen molar-refractivity contribution in [3.63, 3.8) is 0 Å². The van der Waals surface area contributed by atoms with Crippen molar-refractivity contribution in [3.05, 3.63) is 65.5 Å². The molecule has 8 heteroatoms. The first-order valence-corrected chi connectivity index (χ1v) is 12.2. The lowest BCUT2D eigenvalue weighted by Gasteiger charge is -2.32. The van der Waals surface area contributed by atoms with Gasteiger partial charge in [-0.25, -0.2) is 12.8 Å². The lowest BCUT2D eigenvalue weighted by atomic mass is 10.0. The molecule has 0 radical (unpaired) electrons. The summed E-state index contributed by atoms with van der Waals surface area (Å²) in [5.74, 6) is -1.18. The maximum atomic E-state index is 14.3. The Labute approximate surface area is 183 Å². The van der Waals surface area contributed by atoms with Crippen LogP contribution < -0.4 is 5.32 Å². The van der Waals surface area contributed by atoms with Crippen LogP contribution in [0, 0.1) is 5.82 Å². The van der Waals surface area contributed by atoms with Crippen molar-refractivity contribution in [1.82, 2.24) is 14.5 Å². The zero-order chi connectivity index (χ0) is 21.8. The SMILES string of the molecule is O=C(NC1CCN(Cc2ccccc2)CC1)c1ccc(F)c(S(=O)(=O)N2CCCC2)c1. The third kappa shape index (κ3) is 5.14. The van der Waals surface area contributed by atoms with E-state index in [0.29, 0.717) is 13.1 Å². The summed E-state index contributed by atoms with van der Waals surface area (Å²) in [5.41, 5.74) is 1.44.